The summed E-state index contributed by atoms with van der Waals surface area (Å²) in [5.74, 6) is 0.437. The fourth-order valence-corrected chi connectivity index (χ4v) is 3.06. The minimum absolute atomic E-state index is 0.266. The molecule has 128 valence electrons. The molecule has 5 nitrogen and oxygen atoms in total. The molecule has 0 unspecified atom stereocenters. The van der Waals surface area contributed by atoms with Gasteiger partial charge in [0.15, 0.2) is 0 Å². The molecule has 5 heteroatoms. The lowest BCUT2D eigenvalue weighted by Gasteiger charge is -2.08. The van der Waals surface area contributed by atoms with Crippen molar-refractivity contribution < 1.29 is 9.53 Å². The molecule has 26 heavy (non-hydrogen) atoms. The number of methoxy groups -OCH3 is 1. The van der Waals surface area contributed by atoms with Crippen LogP contribution in [0.5, 0.6) is 5.75 Å². The number of carbonyl (C=O) groups is 1. The lowest BCUT2D eigenvalue weighted by atomic mass is 10.0. The summed E-state index contributed by atoms with van der Waals surface area (Å²) < 4.78 is 5.43. The number of carbonyl (C=O) groups excluding carboxylic acids is 1. The van der Waals surface area contributed by atoms with Gasteiger partial charge in [-0.15, -0.1) is 0 Å². The molecule has 0 bridgehead atoms. The Labute approximate surface area is 150 Å². The first-order valence-electron chi connectivity index (χ1n) is 8.23. The molecular weight excluding hydrogens is 326 g/mol. The van der Waals surface area contributed by atoms with Crippen LogP contribution in [0.4, 0.5) is 0 Å². The van der Waals surface area contributed by atoms with Gasteiger partial charge in [-0.3, -0.25) is 4.79 Å². The van der Waals surface area contributed by atoms with E-state index in [0.29, 0.717) is 11.3 Å². The minimum atomic E-state index is -0.266. The molecule has 0 saturated carbocycles. The Kier molecular flexibility index (Phi) is 4.11. The first-order valence-corrected chi connectivity index (χ1v) is 8.23. The molecule has 0 spiro atoms. The van der Waals surface area contributed by atoms with E-state index in [1.807, 2.05) is 60.7 Å². The van der Waals surface area contributed by atoms with Crippen LogP contribution in [0, 0.1) is 0 Å². The summed E-state index contributed by atoms with van der Waals surface area (Å²) in [4.78, 5) is 15.5. The smallest absolute Gasteiger partial charge is 0.273 e. The Bertz CT molecular complexity index is 1130. The van der Waals surface area contributed by atoms with E-state index in [-0.39, 0.29) is 5.91 Å². The second-order valence-corrected chi connectivity index (χ2v) is 5.85. The molecule has 1 heterocycles. The van der Waals surface area contributed by atoms with E-state index in [4.69, 9.17) is 4.74 Å². The van der Waals surface area contributed by atoms with Gasteiger partial charge in [0, 0.05) is 22.7 Å². The topological polar surface area (TPSA) is 66.5 Å². The molecule has 0 aliphatic rings. The van der Waals surface area contributed by atoms with Crippen LogP contribution in [-0.2, 0) is 0 Å². The zero-order chi connectivity index (χ0) is 17.9. The van der Waals surface area contributed by atoms with Gasteiger partial charge < -0.3 is 9.72 Å². The zero-order valence-corrected chi connectivity index (χ0v) is 14.2. The Morgan fingerprint density at radius 1 is 1.04 bits per heavy atom. The molecule has 4 aromatic rings. The maximum atomic E-state index is 12.5. The van der Waals surface area contributed by atoms with Gasteiger partial charge in [-0.05, 0) is 22.9 Å². The van der Waals surface area contributed by atoms with E-state index in [0.717, 1.165) is 27.2 Å². The lowest BCUT2D eigenvalue weighted by Crippen LogP contribution is -2.17. The van der Waals surface area contributed by atoms with Crippen molar-refractivity contribution in [2.75, 3.05) is 7.11 Å². The normalized spacial score (nSPS) is 11.3. The number of H-pyrrole nitrogens is 1. The molecular formula is C21H17N3O2. The van der Waals surface area contributed by atoms with Crippen molar-refractivity contribution in [2.24, 2.45) is 5.10 Å². The van der Waals surface area contributed by atoms with Gasteiger partial charge in [0.05, 0.1) is 18.9 Å². The second-order valence-electron chi connectivity index (χ2n) is 5.85. The summed E-state index contributed by atoms with van der Waals surface area (Å²) in [6.07, 6.45) is 3.31. The summed E-state index contributed by atoms with van der Waals surface area (Å²) in [6.45, 7) is 0. The van der Waals surface area contributed by atoms with Gasteiger partial charge in [0.2, 0.25) is 0 Å². The summed E-state index contributed by atoms with van der Waals surface area (Å²) in [6, 6.07) is 19.5. The molecule has 2 N–H and O–H groups in total. The van der Waals surface area contributed by atoms with E-state index >= 15 is 0 Å². The number of para-hydroxylation sites is 1. The van der Waals surface area contributed by atoms with Crippen LogP contribution < -0.4 is 10.2 Å². The summed E-state index contributed by atoms with van der Waals surface area (Å²) in [7, 11) is 1.62. The number of hydrogen-bond acceptors (Lipinski definition) is 3. The average molecular weight is 343 g/mol. The molecule has 4 rings (SSSR count). The predicted molar refractivity (Wildman–Crippen MR) is 104 cm³/mol. The predicted octanol–water partition coefficient (Wildman–Crippen LogP) is 4.09. The maximum absolute atomic E-state index is 12.5. The highest BCUT2D eigenvalue weighted by atomic mass is 16.5. The van der Waals surface area contributed by atoms with Gasteiger partial charge in [0.1, 0.15) is 5.75 Å². The SMILES string of the molecule is COc1ccc2ccccc2c1/C=N/NC(=O)c1c[nH]c2ccccc12. The third kappa shape index (κ3) is 2.80. The molecule has 0 fully saturated rings. The summed E-state index contributed by atoms with van der Waals surface area (Å²) in [5.41, 5.74) is 4.89. The average Bonchev–Trinajstić information content (AvgIpc) is 3.12. The van der Waals surface area contributed by atoms with Gasteiger partial charge in [-0.2, -0.15) is 5.10 Å². The van der Waals surface area contributed by atoms with E-state index in [1.165, 1.54) is 0 Å². The number of benzene rings is 3. The van der Waals surface area contributed by atoms with Crippen LogP contribution in [0.15, 0.2) is 72.0 Å². The minimum Gasteiger partial charge on any atom is -0.496 e. The van der Waals surface area contributed by atoms with E-state index in [1.54, 1.807) is 19.5 Å². The molecule has 3 aromatic carbocycles. The number of nitrogens with one attached hydrogen (secondary N) is 2. The van der Waals surface area contributed by atoms with Gasteiger partial charge in [-0.25, -0.2) is 5.43 Å². The van der Waals surface area contributed by atoms with Gasteiger partial charge >= 0.3 is 0 Å². The largest absolute Gasteiger partial charge is 0.496 e. The highest BCUT2D eigenvalue weighted by Gasteiger charge is 2.11. The monoisotopic (exact) mass is 343 g/mol. The Morgan fingerprint density at radius 2 is 1.81 bits per heavy atom. The molecule has 0 radical (unpaired) electrons. The first-order chi connectivity index (χ1) is 12.8. The quantitative estimate of drug-likeness (QED) is 0.433. The fourth-order valence-electron chi connectivity index (χ4n) is 3.06. The van der Waals surface area contributed by atoms with Crippen molar-refractivity contribution >= 4 is 33.8 Å². The van der Waals surface area contributed by atoms with Gasteiger partial charge in [0.25, 0.3) is 5.91 Å². The number of amides is 1. The number of fused-ring (bicyclic) bond motifs is 2. The van der Waals surface area contributed by atoms with E-state index < -0.39 is 0 Å². The Balaban J connectivity index is 1.63. The summed E-state index contributed by atoms with van der Waals surface area (Å²) >= 11 is 0. The molecule has 0 atom stereocenters. The Morgan fingerprint density at radius 3 is 2.65 bits per heavy atom. The second kappa shape index (κ2) is 6.72. The number of rotatable bonds is 4. The molecule has 1 aromatic heterocycles. The number of nitrogens with zero attached hydrogens (tertiary/aromatic N) is 1. The van der Waals surface area contributed by atoms with Crippen LogP contribution in [-0.4, -0.2) is 24.2 Å². The Hall–Kier alpha value is -3.60. The van der Waals surface area contributed by atoms with Crippen molar-refractivity contribution in [1.82, 2.24) is 10.4 Å². The van der Waals surface area contributed by atoms with Crippen molar-refractivity contribution in [1.29, 1.82) is 0 Å². The fraction of sp³-hybridized carbons (Fsp3) is 0.0476. The number of aromatic nitrogens is 1. The van der Waals surface area contributed by atoms with Crippen molar-refractivity contribution in [3.05, 3.63) is 78.0 Å². The van der Waals surface area contributed by atoms with Crippen LogP contribution >= 0.6 is 0 Å². The first kappa shape index (κ1) is 15.9. The zero-order valence-electron chi connectivity index (χ0n) is 14.2. The number of hydrazone groups is 1. The molecule has 0 saturated heterocycles. The van der Waals surface area contributed by atoms with E-state index in [9.17, 15) is 4.79 Å². The van der Waals surface area contributed by atoms with Crippen LogP contribution in [0.25, 0.3) is 21.7 Å². The van der Waals surface area contributed by atoms with Crippen molar-refractivity contribution in [3.63, 3.8) is 0 Å². The highest BCUT2D eigenvalue weighted by Crippen LogP contribution is 2.26. The van der Waals surface area contributed by atoms with Gasteiger partial charge in [-0.1, -0.05) is 48.5 Å². The lowest BCUT2D eigenvalue weighted by molar-refractivity contribution is 0.0957. The third-order valence-corrected chi connectivity index (χ3v) is 4.34. The highest BCUT2D eigenvalue weighted by molar-refractivity contribution is 6.07. The molecule has 1 amide bonds. The molecule has 0 aliphatic carbocycles. The number of aromatic amines is 1. The number of hydrogen-bond donors (Lipinski definition) is 2. The maximum Gasteiger partial charge on any atom is 0.273 e. The van der Waals surface area contributed by atoms with Crippen LogP contribution in [0.3, 0.4) is 0 Å². The third-order valence-electron chi connectivity index (χ3n) is 4.34. The van der Waals surface area contributed by atoms with Crippen LogP contribution in [0.2, 0.25) is 0 Å². The standard InChI is InChI=1S/C21H17N3O2/c1-26-20-11-10-14-6-2-3-7-15(14)17(20)13-23-24-21(25)18-12-22-19-9-5-4-8-16(18)19/h2-13,22H,1H3,(H,24,25)/b23-13+. The summed E-state index contributed by atoms with van der Waals surface area (Å²) in [5, 5.41) is 7.10. The van der Waals surface area contributed by atoms with Crippen LogP contribution in [0.1, 0.15) is 15.9 Å². The van der Waals surface area contributed by atoms with Crippen molar-refractivity contribution in [3.8, 4) is 5.75 Å². The number of ether oxygens (including phenoxy) is 1. The van der Waals surface area contributed by atoms with E-state index in [2.05, 4.69) is 15.5 Å². The molecule has 0 aliphatic heterocycles. The van der Waals surface area contributed by atoms with Crippen molar-refractivity contribution in [2.45, 2.75) is 0 Å².